The van der Waals surface area contributed by atoms with E-state index in [9.17, 15) is 8.42 Å². The lowest BCUT2D eigenvalue weighted by Crippen LogP contribution is -2.24. The molecule has 0 aliphatic carbocycles. The Labute approximate surface area is 164 Å². The minimum atomic E-state index is -3.50. The normalized spacial score (nSPS) is 12.4. The Kier molecular flexibility index (Phi) is 7.62. The zero-order chi connectivity index (χ0) is 20.0. The minimum absolute atomic E-state index is 0.0222. The topological polar surface area (TPSA) is 55.2 Å². The third kappa shape index (κ3) is 6.47. The van der Waals surface area contributed by atoms with Gasteiger partial charge in [0.1, 0.15) is 0 Å². The molecule has 0 bridgehead atoms. The van der Waals surface area contributed by atoms with Crippen LogP contribution in [0.2, 0.25) is 0 Å². The second-order valence-corrected chi connectivity index (χ2v) is 10.1. The molecule has 1 heterocycles. The van der Waals surface area contributed by atoms with Gasteiger partial charge in [0.25, 0.3) is 0 Å². The van der Waals surface area contributed by atoms with Crippen molar-refractivity contribution in [3.05, 3.63) is 47.8 Å². The van der Waals surface area contributed by atoms with E-state index in [-0.39, 0.29) is 10.9 Å². The van der Waals surface area contributed by atoms with Gasteiger partial charge in [-0.3, -0.25) is 0 Å². The highest BCUT2D eigenvalue weighted by Crippen LogP contribution is 2.20. The van der Waals surface area contributed by atoms with Crippen LogP contribution in [0.15, 0.2) is 41.7 Å². The van der Waals surface area contributed by atoms with Gasteiger partial charge in [-0.1, -0.05) is 58.0 Å². The molecule has 0 saturated carbocycles. The quantitative estimate of drug-likeness (QED) is 0.614. The molecule has 0 unspecified atom stereocenters. The molecule has 5 nitrogen and oxygen atoms in total. The molecule has 0 atom stereocenters. The van der Waals surface area contributed by atoms with Crippen LogP contribution in [-0.2, 0) is 28.7 Å². The van der Waals surface area contributed by atoms with Crippen LogP contribution in [0.4, 0.5) is 0 Å². The Bertz CT molecular complexity index is 811. The predicted octanol–water partition coefficient (Wildman–Crippen LogP) is 3.99. The molecule has 6 heteroatoms. The van der Waals surface area contributed by atoms with E-state index in [1.54, 1.807) is 6.20 Å². The molecule has 0 amide bonds. The molecule has 2 rings (SSSR count). The van der Waals surface area contributed by atoms with Crippen molar-refractivity contribution in [2.75, 3.05) is 13.6 Å². The number of sulfone groups is 1. The summed E-state index contributed by atoms with van der Waals surface area (Å²) in [4.78, 5) is 6.57. The number of benzene rings is 1. The fourth-order valence-corrected chi connectivity index (χ4v) is 4.52. The van der Waals surface area contributed by atoms with Crippen LogP contribution in [0.3, 0.4) is 0 Å². The van der Waals surface area contributed by atoms with Crippen molar-refractivity contribution in [2.24, 2.45) is 11.8 Å². The standard InChI is InChI=1S/C21H33N3O2S/c1-17(2)11-12-23(5)15-20-13-22-21(24(20)14-18(3)4)27(25,26)16-19-9-7-6-8-10-19/h6-10,13,17-18H,11-12,14-16H2,1-5H3. The summed E-state index contributed by atoms with van der Waals surface area (Å²) >= 11 is 0. The van der Waals surface area contributed by atoms with Crippen molar-refractivity contribution in [3.8, 4) is 0 Å². The largest absolute Gasteiger partial charge is 0.317 e. The third-order valence-electron chi connectivity index (χ3n) is 4.45. The first-order valence-electron chi connectivity index (χ1n) is 9.68. The number of hydrogen-bond acceptors (Lipinski definition) is 4. The molecular weight excluding hydrogens is 358 g/mol. The van der Waals surface area contributed by atoms with Crippen LogP contribution < -0.4 is 0 Å². The molecule has 27 heavy (non-hydrogen) atoms. The maximum atomic E-state index is 13.0. The molecule has 0 aliphatic heterocycles. The van der Waals surface area contributed by atoms with Gasteiger partial charge in [-0.15, -0.1) is 0 Å². The molecule has 0 fully saturated rings. The lowest BCUT2D eigenvalue weighted by Gasteiger charge is -2.20. The highest BCUT2D eigenvalue weighted by molar-refractivity contribution is 7.90. The van der Waals surface area contributed by atoms with E-state index in [0.29, 0.717) is 24.9 Å². The Hall–Kier alpha value is -1.66. The molecule has 0 spiro atoms. The number of hydrogen-bond donors (Lipinski definition) is 0. The van der Waals surface area contributed by atoms with Gasteiger partial charge in [-0.05, 0) is 37.4 Å². The van der Waals surface area contributed by atoms with Crippen molar-refractivity contribution >= 4 is 9.84 Å². The van der Waals surface area contributed by atoms with Crippen LogP contribution in [0.5, 0.6) is 0 Å². The Morgan fingerprint density at radius 1 is 1.07 bits per heavy atom. The maximum absolute atomic E-state index is 13.0. The van der Waals surface area contributed by atoms with Crippen LogP contribution in [0, 0.1) is 11.8 Å². The first-order valence-corrected chi connectivity index (χ1v) is 11.3. The van der Waals surface area contributed by atoms with Crippen molar-refractivity contribution in [1.82, 2.24) is 14.5 Å². The van der Waals surface area contributed by atoms with Gasteiger partial charge in [0.2, 0.25) is 15.0 Å². The van der Waals surface area contributed by atoms with E-state index in [1.165, 1.54) is 0 Å². The van der Waals surface area contributed by atoms with E-state index in [0.717, 1.165) is 24.2 Å². The Balaban J connectivity index is 2.26. The molecule has 0 aliphatic rings. The number of aromatic nitrogens is 2. The average Bonchev–Trinajstić information content (AvgIpc) is 2.96. The SMILES string of the molecule is CC(C)CCN(C)Cc1cnc(S(=O)(=O)Cc2ccccc2)n1CC(C)C. The summed E-state index contributed by atoms with van der Waals surface area (Å²) in [5, 5.41) is 0.187. The molecule has 1 aromatic heterocycles. The highest BCUT2D eigenvalue weighted by atomic mass is 32.2. The lowest BCUT2D eigenvalue weighted by atomic mass is 10.1. The van der Waals surface area contributed by atoms with Crippen LogP contribution >= 0.6 is 0 Å². The predicted molar refractivity (Wildman–Crippen MR) is 110 cm³/mol. The van der Waals surface area contributed by atoms with E-state index in [4.69, 9.17) is 0 Å². The van der Waals surface area contributed by atoms with Crippen molar-refractivity contribution in [2.45, 2.75) is 58.1 Å². The van der Waals surface area contributed by atoms with Crippen LogP contribution in [-0.4, -0.2) is 36.5 Å². The van der Waals surface area contributed by atoms with E-state index < -0.39 is 9.84 Å². The minimum Gasteiger partial charge on any atom is -0.317 e. The van der Waals surface area contributed by atoms with Gasteiger partial charge in [0.15, 0.2) is 0 Å². The second-order valence-electron chi connectivity index (χ2n) is 8.20. The van der Waals surface area contributed by atoms with E-state index in [1.807, 2.05) is 34.9 Å². The summed E-state index contributed by atoms with van der Waals surface area (Å²) in [7, 11) is -1.42. The average molecular weight is 392 g/mol. The molecule has 0 radical (unpaired) electrons. The van der Waals surface area contributed by atoms with Crippen molar-refractivity contribution in [3.63, 3.8) is 0 Å². The zero-order valence-corrected chi connectivity index (χ0v) is 18.0. The monoisotopic (exact) mass is 391 g/mol. The number of nitrogens with zero attached hydrogens (tertiary/aromatic N) is 3. The smallest absolute Gasteiger partial charge is 0.228 e. The maximum Gasteiger partial charge on any atom is 0.228 e. The highest BCUT2D eigenvalue weighted by Gasteiger charge is 2.24. The first-order chi connectivity index (χ1) is 12.7. The summed E-state index contributed by atoms with van der Waals surface area (Å²) in [5.41, 5.74) is 1.74. The lowest BCUT2D eigenvalue weighted by molar-refractivity contribution is 0.292. The zero-order valence-electron chi connectivity index (χ0n) is 17.2. The molecule has 0 saturated heterocycles. The molecule has 1 aromatic carbocycles. The summed E-state index contributed by atoms with van der Waals surface area (Å²) in [6.07, 6.45) is 2.85. The summed E-state index contributed by atoms with van der Waals surface area (Å²) in [6.45, 7) is 11.0. The first kappa shape index (κ1) is 21.6. The number of imidazole rings is 1. The van der Waals surface area contributed by atoms with Gasteiger partial charge in [0, 0.05) is 13.1 Å². The molecule has 150 valence electrons. The molecular formula is C21H33N3O2S. The summed E-state index contributed by atoms with van der Waals surface area (Å²) in [5.74, 6) is 0.963. The summed E-state index contributed by atoms with van der Waals surface area (Å²) < 4.78 is 27.9. The molecule has 0 N–H and O–H groups in total. The van der Waals surface area contributed by atoms with Crippen molar-refractivity contribution < 1.29 is 8.42 Å². The fraction of sp³-hybridized carbons (Fsp3) is 0.571. The van der Waals surface area contributed by atoms with Gasteiger partial charge in [-0.25, -0.2) is 13.4 Å². The second kappa shape index (κ2) is 9.51. The van der Waals surface area contributed by atoms with Crippen molar-refractivity contribution in [1.29, 1.82) is 0 Å². The van der Waals surface area contributed by atoms with Crippen LogP contribution in [0.1, 0.15) is 45.4 Å². The number of rotatable bonds is 10. The van der Waals surface area contributed by atoms with E-state index >= 15 is 0 Å². The van der Waals surface area contributed by atoms with E-state index in [2.05, 4.69) is 44.6 Å². The fourth-order valence-electron chi connectivity index (χ4n) is 3.02. The summed E-state index contributed by atoms with van der Waals surface area (Å²) in [6, 6.07) is 9.30. The van der Waals surface area contributed by atoms with Gasteiger partial charge in [0.05, 0.1) is 17.6 Å². The molecule has 2 aromatic rings. The van der Waals surface area contributed by atoms with Gasteiger partial charge >= 0.3 is 0 Å². The van der Waals surface area contributed by atoms with Gasteiger partial charge in [-0.2, -0.15) is 0 Å². The Morgan fingerprint density at radius 2 is 1.74 bits per heavy atom. The third-order valence-corrected chi connectivity index (χ3v) is 6.04. The van der Waals surface area contributed by atoms with Crippen LogP contribution in [0.25, 0.3) is 0 Å². The van der Waals surface area contributed by atoms with Gasteiger partial charge < -0.3 is 9.47 Å². The Morgan fingerprint density at radius 3 is 2.33 bits per heavy atom.